The van der Waals surface area contributed by atoms with Crippen LogP contribution in [0.2, 0.25) is 0 Å². The third kappa shape index (κ3) is 6.07. The van der Waals surface area contributed by atoms with E-state index in [4.69, 9.17) is 0 Å². The lowest BCUT2D eigenvalue weighted by Crippen LogP contribution is -2.01. The number of unbranched alkanes of at least 4 members (excludes halogenated alkanes) is 9. The predicted octanol–water partition coefficient (Wildman–Crippen LogP) is 6.88. The number of fused-ring (bicyclic) bond motifs is 1. The topological polar surface area (TPSA) is 32.3 Å². The molecule has 24 heavy (non-hydrogen) atoms. The molecule has 0 unspecified atom stereocenters. The second kappa shape index (κ2) is 11.0. The molecule has 2 nitrogen and oxygen atoms in total. The number of nitrogens with one attached hydrogen (secondary N) is 1. The van der Waals surface area contributed by atoms with E-state index in [1.54, 1.807) is 6.07 Å². The van der Waals surface area contributed by atoms with Crippen LogP contribution >= 0.6 is 0 Å². The summed E-state index contributed by atoms with van der Waals surface area (Å²) in [6.07, 6.45) is 13.6. The number of phenols is 1. The molecule has 0 saturated carbocycles. The molecule has 2 heteroatoms. The van der Waals surface area contributed by atoms with Crippen molar-refractivity contribution in [1.82, 2.24) is 0 Å². The molecule has 0 amide bonds. The summed E-state index contributed by atoms with van der Waals surface area (Å²) >= 11 is 0. The van der Waals surface area contributed by atoms with Crippen molar-refractivity contribution in [3.05, 3.63) is 36.4 Å². The first kappa shape index (κ1) is 18.6. The number of hydrogen-bond donors (Lipinski definition) is 2. The van der Waals surface area contributed by atoms with Crippen LogP contribution in [0, 0.1) is 0 Å². The molecule has 0 saturated heterocycles. The van der Waals surface area contributed by atoms with Crippen LogP contribution in [0.3, 0.4) is 0 Å². The van der Waals surface area contributed by atoms with Crippen LogP contribution in [-0.4, -0.2) is 11.7 Å². The minimum absolute atomic E-state index is 0.357. The molecule has 2 aromatic carbocycles. The Balaban J connectivity index is 1.59. The lowest BCUT2D eigenvalue weighted by molar-refractivity contribution is 0.481. The maximum absolute atomic E-state index is 9.93. The van der Waals surface area contributed by atoms with E-state index in [2.05, 4.69) is 24.4 Å². The highest BCUT2D eigenvalue weighted by atomic mass is 16.3. The van der Waals surface area contributed by atoms with E-state index in [0.717, 1.165) is 23.0 Å². The third-order valence-corrected chi connectivity index (χ3v) is 4.74. The fourth-order valence-electron chi connectivity index (χ4n) is 3.28. The summed E-state index contributed by atoms with van der Waals surface area (Å²) in [7, 11) is 0. The van der Waals surface area contributed by atoms with Crippen LogP contribution in [0.1, 0.15) is 71.1 Å². The highest BCUT2D eigenvalue weighted by Crippen LogP contribution is 2.29. The molecule has 0 heterocycles. The summed E-state index contributed by atoms with van der Waals surface area (Å²) < 4.78 is 0. The lowest BCUT2D eigenvalue weighted by Gasteiger charge is -2.10. The van der Waals surface area contributed by atoms with Crippen LogP contribution in [0.15, 0.2) is 36.4 Å². The van der Waals surface area contributed by atoms with Crippen molar-refractivity contribution in [1.29, 1.82) is 0 Å². The molecule has 0 radical (unpaired) electrons. The summed E-state index contributed by atoms with van der Waals surface area (Å²) in [5.41, 5.74) is 1.12. The smallest absolute Gasteiger partial charge is 0.123 e. The van der Waals surface area contributed by atoms with Crippen molar-refractivity contribution in [3.8, 4) is 5.75 Å². The molecule has 0 aliphatic heterocycles. The number of anilines is 1. The zero-order valence-electron chi connectivity index (χ0n) is 15.2. The second-order valence-electron chi connectivity index (χ2n) is 6.79. The van der Waals surface area contributed by atoms with Gasteiger partial charge in [-0.25, -0.2) is 0 Å². The summed E-state index contributed by atoms with van der Waals surface area (Å²) in [4.78, 5) is 0. The minimum atomic E-state index is 0.357. The van der Waals surface area contributed by atoms with Gasteiger partial charge in [-0.3, -0.25) is 0 Å². The molecule has 0 aromatic heterocycles. The quantitative estimate of drug-likeness (QED) is 0.416. The summed E-state index contributed by atoms with van der Waals surface area (Å²) in [5.74, 6) is 0.357. The van der Waals surface area contributed by atoms with Gasteiger partial charge in [-0.2, -0.15) is 0 Å². The van der Waals surface area contributed by atoms with Gasteiger partial charge in [-0.05, 0) is 18.6 Å². The zero-order valence-corrected chi connectivity index (χ0v) is 15.2. The van der Waals surface area contributed by atoms with E-state index in [-0.39, 0.29) is 0 Å². The van der Waals surface area contributed by atoms with Gasteiger partial charge in [0.1, 0.15) is 5.75 Å². The van der Waals surface area contributed by atoms with Gasteiger partial charge in [0.15, 0.2) is 0 Å². The van der Waals surface area contributed by atoms with E-state index in [1.165, 1.54) is 64.2 Å². The van der Waals surface area contributed by atoms with Crippen molar-refractivity contribution < 1.29 is 5.11 Å². The number of rotatable bonds is 12. The van der Waals surface area contributed by atoms with Crippen molar-refractivity contribution in [2.45, 2.75) is 71.1 Å². The van der Waals surface area contributed by atoms with E-state index in [9.17, 15) is 5.11 Å². The van der Waals surface area contributed by atoms with Crippen LogP contribution in [0.5, 0.6) is 5.75 Å². The Labute approximate surface area is 147 Å². The van der Waals surface area contributed by atoms with Gasteiger partial charge < -0.3 is 10.4 Å². The van der Waals surface area contributed by atoms with Gasteiger partial charge in [0.25, 0.3) is 0 Å². The molecule has 2 N–H and O–H groups in total. The first-order valence-electron chi connectivity index (χ1n) is 9.77. The molecule has 132 valence electrons. The highest BCUT2D eigenvalue weighted by molar-refractivity contribution is 5.97. The standard InChI is InChI=1S/C22H33NO/c1-2-3-4-5-6-7-8-9-10-11-18-23-21-16-12-15-20-19(21)14-13-17-22(20)24/h12-17,23-24H,2-11,18H2,1H3. The van der Waals surface area contributed by atoms with Crippen molar-refractivity contribution >= 4 is 16.5 Å². The SMILES string of the molecule is CCCCCCCCCCCCNc1cccc2c(O)cccc12. The van der Waals surface area contributed by atoms with E-state index >= 15 is 0 Å². The molecule has 0 atom stereocenters. The maximum atomic E-state index is 9.93. The summed E-state index contributed by atoms with van der Waals surface area (Å²) in [6, 6.07) is 11.8. The van der Waals surface area contributed by atoms with Gasteiger partial charge in [0.2, 0.25) is 0 Å². The number of benzene rings is 2. The molecule has 0 bridgehead atoms. The lowest BCUT2D eigenvalue weighted by atomic mass is 10.1. The van der Waals surface area contributed by atoms with Crippen LogP contribution in [-0.2, 0) is 0 Å². The normalized spacial score (nSPS) is 11.0. The molecule has 2 rings (SSSR count). The van der Waals surface area contributed by atoms with Gasteiger partial charge in [-0.15, -0.1) is 0 Å². The Bertz CT molecular complexity index is 594. The number of hydrogen-bond acceptors (Lipinski definition) is 2. The first-order valence-corrected chi connectivity index (χ1v) is 9.77. The fourth-order valence-corrected chi connectivity index (χ4v) is 3.28. The Morgan fingerprint density at radius 3 is 2.00 bits per heavy atom. The molecule has 0 aliphatic rings. The molecular formula is C22H33NO. The third-order valence-electron chi connectivity index (χ3n) is 4.74. The van der Waals surface area contributed by atoms with Crippen molar-refractivity contribution in [3.63, 3.8) is 0 Å². The molecule has 0 spiro atoms. The van der Waals surface area contributed by atoms with Gasteiger partial charge in [0.05, 0.1) is 0 Å². The monoisotopic (exact) mass is 327 g/mol. The van der Waals surface area contributed by atoms with E-state index in [0.29, 0.717) is 5.75 Å². The van der Waals surface area contributed by atoms with E-state index < -0.39 is 0 Å². The molecular weight excluding hydrogens is 294 g/mol. The Hall–Kier alpha value is -1.70. The van der Waals surface area contributed by atoms with Gasteiger partial charge in [0, 0.05) is 23.0 Å². The van der Waals surface area contributed by atoms with E-state index in [1.807, 2.05) is 18.2 Å². The highest BCUT2D eigenvalue weighted by Gasteiger charge is 2.03. The number of aromatic hydroxyl groups is 1. The summed E-state index contributed by atoms with van der Waals surface area (Å²) in [6.45, 7) is 3.28. The maximum Gasteiger partial charge on any atom is 0.123 e. The molecule has 0 aliphatic carbocycles. The fraction of sp³-hybridized carbons (Fsp3) is 0.545. The Morgan fingerprint density at radius 2 is 1.29 bits per heavy atom. The average molecular weight is 328 g/mol. The Kier molecular flexibility index (Phi) is 8.51. The van der Waals surface area contributed by atoms with Crippen molar-refractivity contribution in [2.75, 3.05) is 11.9 Å². The van der Waals surface area contributed by atoms with Crippen LogP contribution in [0.4, 0.5) is 5.69 Å². The predicted molar refractivity (Wildman–Crippen MR) is 106 cm³/mol. The van der Waals surface area contributed by atoms with Crippen LogP contribution < -0.4 is 5.32 Å². The molecule has 0 fully saturated rings. The van der Waals surface area contributed by atoms with Crippen molar-refractivity contribution in [2.24, 2.45) is 0 Å². The minimum Gasteiger partial charge on any atom is -0.507 e. The largest absolute Gasteiger partial charge is 0.507 e. The van der Waals surface area contributed by atoms with Gasteiger partial charge >= 0.3 is 0 Å². The molecule has 2 aromatic rings. The van der Waals surface area contributed by atoms with Crippen LogP contribution in [0.25, 0.3) is 10.8 Å². The zero-order chi connectivity index (χ0) is 17.0. The van der Waals surface area contributed by atoms with Gasteiger partial charge in [-0.1, -0.05) is 89.0 Å². The second-order valence-corrected chi connectivity index (χ2v) is 6.79. The number of phenolic OH excluding ortho intramolecular Hbond substituents is 1. The summed E-state index contributed by atoms with van der Waals surface area (Å²) in [5, 5.41) is 15.5. The first-order chi connectivity index (χ1) is 11.8. The average Bonchev–Trinajstić information content (AvgIpc) is 2.60. The Morgan fingerprint density at radius 1 is 0.708 bits per heavy atom.